The second-order valence-electron chi connectivity index (χ2n) is 5.01. The SMILES string of the molecule is CCNCc1cn(CCN(C)c2cccc(C)c2)nn1. The molecule has 2 aromatic rings. The Kier molecular flexibility index (Phi) is 5.12. The summed E-state index contributed by atoms with van der Waals surface area (Å²) in [5, 5.41) is 11.6. The second-order valence-corrected chi connectivity index (χ2v) is 5.01. The molecule has 5 nitrogen and oxygen atoms in total. The van der Waals surface area contributed by atoms with E-state index in [1.165, 1.54) is 11.3 Å². The molecular formula is C15H23N5. The fourth-order valence-electron chi connectivity index (χ4n) is 2.03. The predicted octanol–water partition coefficient (Wildman–Crippen LogP) is 1.83. The first kappa shape index (κ1) is 14.5. The molecule has 0 aliphatic rings. The predicted molar refractivity (Wildman–Crippen MR) is 81.9 cm³/mol. The van der Waals surface area contributed by atoms with Crippen LogP contribution in [0.4, 0.5) is 5.69 Å². The molecule has 1 N–H and O–H groups in total. The number of hydrogen-bond acceptors (Lipinski definition) is 4. The minimum Gasteiger partial charge on any atom is -0.373 e. The Morgan fingerprint density at radius 2 is 2.20 bits per heavy atom. The van der Waals surface area contributed by atoms with Crippen LogP contribution in [0.5, 0.6) is 0 Å². The van der Waals surface area contributed by atoms with Gasteiger partial charge in [0.2, 0.25) is 0 Å². The molecule has 0 fully saturated rings. The van der Waals surface area contributed by atoms with E-state index in [4.69, 9.17) is 0 Å². The number of nitrogens with one attached hydrogen (secondary N) is 1. The van der Waals surface area contributed by atoms with E-state index in [1.54, 1.807) is 0 Å². The van der Waals surface area contributed by atoms with Gasteiger partial charge in [0.15, 0.2) is 0 Å². The van der Waals surface area contributed by atoms with Gasteiger partial charge in [-0.25, -0.2) is 0 Å². The highest BCUT2D eigenvalue weighted by atomic mass is 15.4. The first-order valence-electron chi connectivity index (χ1n) is 7.06. The van der Waals surface area contributed by atoms with Gasteiger partial charge in [-0.3, -0.25) is 4.68 Å². The lowest BCUT2D eigenvalue weighted by Crippen LogP contribution is -2.23. The van der Waals surface area contributed by atoms with Gasteiger partial charge in [-0.05, 0) is 31.2 Å². The number of rotatable bonds is 7. The van der Waals surface area contributed by atoms with Gasteiger partial charge < -0.3 is 10.2 Å². The highest BCUT2D eigenvalue weighted by molar-refractivity contribution is 5.47. The summed E-state index contributed by atoms with van der Waals surface area (Å²) in [5.74, 6) is 0. The first-order chi connectivity index (χ1) is 9.69. The van der Waals surface area contributed by atoms with Crippen molar-refractivity contribution in [1.29, 1.82) is 0 Å². The van der Waals surface area contributed by atoms with E-state index in [-0.39, 0.29) is 0 Å². The Bertz CT molecular complexity index is 535. The zero-order valence-electron chi connectivity index (χ0n) is 12.5. The van der Waals surface area contributed by atoms with Gasteiger partial charge in [-0.15, -0.1) is 5.10 Å². The third kappa shape index (κ3) is 4.06. The third-order valence-electron chi connectivity index (χ3n) is 3.25. The van der Waals surface area contributed by atoms with Crippen LogP contribution in [0.15, 0.2) is 30.5 Å². The van der Waals surface area contributed by atoms with Crippen LogP contribution in [0.25, 0.3) is 0 Å². The average Bonchev–Trinajstić information content (AvgIpc) is 2.90. The highest BCUT2D eigenvalue weighted by Gasteiger charge is 2.03. The number of aryl methyl sites for hydroxylation is 1. The van der Waals surface area contributed by atoms with Crippen LogP contribution in [0, 0.1) is 6.92 Å². The largest absolute Gasteiger partial charge is 0.373 e. The van der Waals surface area contributed by atoms with Crippen LogP contribution >= 0.6 is 0 Å². The van der Waals surface area contributed by atoms with Crippen molar-refractivity contribution in [3.63, 3.8) is 0 Å². The average molecular weight is 273 g/mol. The van der Waals surface area contributed by atoms with E-state index in [2.05, 4.69) is 65.7 Å². The number of hydrogen-bond donors (Lipinski definition) is 1. The molecular weight excluding hydrogens is 250 g/mol. The van der Waals surface area contributed by atoms with E-state index in [9.17, 15) is 0 Å². The molecule has 0 radical (unpaired) electrons. The molecule has 0 bridgehead atoms. The van der Waals surface area contributed by atoms with E-state index < -0.39 is 0 Å². The minimum absolute atomic E-state index is 0.782. The van der Waals surface area contributed by atoms with Gasteiger partial charge in [0.25, 0.3) is 0 Å². The van der Waals surface area contributed by atoms with Gasteiger partial charge in [-0.1, -0.05) is 24.3 Å². The van der Waals surface area contributed by atoms with Gasteiger partial charge in [0.05, 0.1) is 12.2 Å². The minimum atomic E-state index is 0.782. The van der Waals surface area contributed by atoms with Crippen LogP contribution in [-0.2, 0) is 13.1 Å². The molecule has 20 heavy (non-hydrogen) atoms. The second kappa shape index (κ2) is 7.05. The molecule has 0 saturated carbocycles. The Labute approximate surface area is 120 Å². The lowest BCUT2D eigenvalue weighted by atomic mass is 10.2. The fourth-order valence-corrected chi connectivity index (χ4v) is 2.03. The number of aromatic nitrogens is 3. The van der Waals surface area contributed by atoms with Crippen molar-refractivity contribution in [1.82, 2.24) is 20.3 Å². The van der Waals surface area contributed by atoms with Gasteiger partial charge in [0.1, 0.15) is 0 Å². The van der Waals surface area contributed by atoms with Crippen molar-refractivity contribution < 1.29 is 0 Å². The van der Waals surface area contributed by atoms with Crippen molar-refractivity contribution in [3.05, 3.63) is 41.7 Å². The highest BCUT2D eigenvalue weighted by Crippen LogP contribution is 2.13. The monoisotopic (exact) mass is 273 g/mol. The zero-order chi connectivity index (χ0) is 14.4. The lowest BCUT2D eigenvalue weighted by Gasteiger charge is -2.19. The number of nitrogens with zero attached hydrogens (tertiary/aromatic N) is 4. The molecule has 1 heterocycles. The van der Waals surface area contributed by atoms with Crippen molar-refractivity contribution >= 4 is 5.69 Å². The maximum absolute atomic E-state index is 4.15. The molecule has 0 unspecified atom stereocenters. The van der Waals surface area contributed by atoms with Crippen LogP contribution in [0.3, 0.4) is 0 Å². The first-order valence-corrected chi connectivity index (χ1v) is 7.06. The summed E-state index contributed by atoms with van der Waals surface area (Å²) in [5.41, 5.74) is 3.51. The summed E-state index contributed by atoms with van der Waals surface area (Å²) in [6.45, 7) is 7.67. The maximum atomic E-state index is 4.15. The van der Waals surface area contributed by atoms with Crippen LogP contribution in [0.1, 0.15) is 18.2 Å². The molecule has 0 spiro atoms. The number of likely N-dealkylation sites (N-methyl/N-ethyl adjacent to an activating group) is 1. The summed E-state index contributed by atoms with van der Waals surface area (Å²) < 4.78 is 1.90. The Balaban J connectivity index is 1.86. The molecule has 5 heteroatoms. The van der Waals surface area contributed by atoms with E-state index in [0.29, 0.717) is 0 Å². The van der Waals surface area contributed by atoms with Crippen molar-refractivity contribution in [2.24, 2.45) is 0 Å². The van der Waals surface area contributed by atoms with Crippen LogP contribution < -0.4 is 10.2 Å². The molecule has 2 rings (SSSR count). The maximum Gasteiger partial charge on any atom is 0.0964 e. The molecule has 0 saturated heterocycles. The Hall–Kier alpha value is -1.88. The lowest BCUT2D eigenvalue weighted by molar-refractivity contribution is 0.587. The molecule has 1 aromatic carbocycles. The van der Waals surface area contributed by atoms with E-state index >= 15 is 0 Å². The summed E-state index contributed by atoms with van der Waals surface area (Å²) in [4.78, 5) is 2.23. The molecule has 0 aliphatic carbocycles. The third-order valence-corrected chi connectivity index (χ3v) is 3.25. The summed E-state index contributed by atoms with van der Waals surface area (Å²) >= 11 is 0. The number of benzene rings is 1. The molecule has 108 valence electrons. The molecule has 0 aliphatic heterocycles. The summed E-state index contributed by atoms with van der Waals surface area (Å²) in [6.07, 6.45) is 2.01. The van der Waals surface area contributed by atoms with Gasteiger partial charge in [-0.2, -0.15) is 0 Å². The summed E-state index contributed by atoms with van der Waals surface area (Å²) in [6, 6.07) is 8.52. The van der Waals surface area contributed by atoms with Crippen LogP contribution in [-0.4, -0.2) is 35.1 Å². The van der Waals surface area contributed by atoms with Crippen LogP contribution in [0.2, 0.25) is 0 Å². The fraction of sp³-hybridized carbons (Fsp3) is 0.467. The molecule has 0 amide bonds. The smallest absolute Gasteiger partial charge is 0.0964 e. The quantitative estimate of drug-likeness (QED) is 0.836. The standard InChI is InChI=1S/C15H23N5/c1-4-16-11-14-12-20(18-17-14)9-8-19(3)15-7-5-6-13(2)10-15/h5-7,10,12,16H,4,8-9,11H2,1-3H3. The Morgan fingerprint density at radius 3 is 2.95 bits per heavy atom. The van der Waals surface area contributed by atoms with Gasteiger partial charge in [0, 0.05) is 32.0 Å². The topological polar surface area (TPSA) is 46.0 Å². The molecule has 1 aromatic heterocycles. The van der Waals surface area contributed by atoms with Crippen molar-refractivity contribution in [2.75, 3.05) is 25.0 Å². The normalized spacial score (nSPS) is 10.8. The summed E-state index contributed by atoms with van der Waals surface area (Å²) in [7, 11) is 2.10. The van der Waals surface area contributed by atoms with Crippen molar-refractivity contribution in [2.45, 2.75) is 26.9 Å². The van der Waals surface area contributed by atoms with E-state index in [1.807, 2.05) is 10.9 Å². The number of anilines is 1. The van der Waals surface area contributed by atoms with E-state index in [0.717, 1.165) is 31.9 Å². The molecule has 0 atom stereocenters. The Morgan fingerprint density at radius 1 is 1.35 bits per heavy atom. The zero-order valence-corrected chi connectivity index (χ0v) is 12.5. The van der Waals surface area contributed by atoms with Gasteiger partial charge >= 0.3 is 0 Å². The van der Waals surface area contributed by atoms with Crippen molar-refractivity contribution in [3.8, 4) is 0 Å².